The van der Waals surface area contributed by atoms with Crippen molar-refractivity contribution in [1.29, 1.82) is 0 Å². The zero-order valence-corrected chi connectivity index (χ0v) is 14.9. The van der Waals surface area contributed by atoms with Gasteiger partial charge in [0.1, 0.15) is 13.2 Å². The predicted octanol–water partition coefficient (Wildman–Crippen LogP) is 1.73. The summed E-state index contributed by atoms with van der Waals surface area (Å²) in [6, 6.07) is 0. The first-order valence-corrected chi connectivity index (χ1v) is 8.94. The summed E-state index contributed by atoms with van der Waals surface area (Å²) in [4.78, 5) is 22.8. The Balaban J connectivity index is 3.72. The molecule has 0 saturated heterocycles. The van der Waals surface area contributed by atoms with Crippen LogP contribution in [-0.2, 0) is 23.2 Å². The number of carbonyl (C=O) groups is 2. The Morgan fingerprint density at radius 3 is 1.59 bits per heavy atom. The second-order valence-corrected chi connectivity index (χ2v) is 6.54. The molecule has 22 heavy (non-hydrogen) atoms. The highest BCUT2D eigenvalue weighted by Gasteiger charge is 2.10. The Hall–Kier alpha value is -0.910. The third-order valence-corrected chi connectivity index (χ3v) is 4.09. The van der Waals surface area contributed by atoms with Crippen LogP contribution in [0.5, 0.6) is 0 Å². The zero-order chi connectivity index (χ0) is 17.0. The van der Waals surface area contributed by atoms with Crippen molar-refractivity contribution in [1.82, 2.24) is 10.6 Å². The van der Waals surface area contributed by atoms with Crippen molar-refractivity contribution in [2.75, 3.05) is 26.3 Å². The van der Waals surface area contributed by atoms with Crippen LogP contribution in [-0.4, -0.2) is 38.1 Å². The van der Waals surface area contributed by atoms with Crippen LogP contribution in [0, 0.1) is 11.8 Å². The smallest absolute Gasteiger partial charge is 0.320 e. The Bertz CT molecular complexity index is 333. The molecule has 0 rings (SSSR count). The third-order valence-electron chi connectivity index (χ3n) is 3.33. The zero-order valence-electron chi connectivity index (χ0n) is 13.9. The van der Waals surface area contributed by atoms with Gasteiger partial charge in [-0.1, -0.05) is 40.5 Å². The van der Waals surface area contributed by atoms with Crippen molar-refractivity contribution in [2.24, 2.45) is 11.8 Å². The van der Waals surface area contributed by atoms with Gasteiger partial charge in [-0.2, -0.15) is 0 Å². The molecule has 0 spiro atoms. The summed E-state index contributed by atoms with van der Waals surface area (Å²) >= 11 is 0. The van der Waals surface area contributed by atoms with Crippen molar-refractivity contribution >= 4 is 20.1 Å². The summed E-state index contributed by atoms with van der Waals surface area (Å²) in [6.07, 6.45) is 1.93. The van der Waals surface area contributed by atoms with E-state index in [0.29, 0.717) is 24.9 Å². The fourth-order valence-electron chi connectivity index (χ4n) is 1.26. The number of hydrogen-bond acceptors (Lipinski definition) is 5. The molecular weight excluding hydrogens is 307 g/mol. The Morgan fingerprint density at radius 1 is 0.909 bits per heavy atom. The summed E-state index contributed by atoms with van der Waals surface area (Å²) in [5, 5.41) is 5.34. The molecule has 130 valence electrons. The van der Waals surface area contributed by atoms with Gasteiger partial charge in [0.25, 0.3) is 0 Å². The van der Waals surface area contributed by atoms with Gasteiger partial charge in [-0.05, 0) is 11.8 Å². The monoisotopic (exact) mass is 336 g/mol. The number of amides is 2. The van der Waals surface area contributed by atoms with E-state index < -0.39 is 8.25 Å². The van der Waals surface area contributed by atoms with Gasteiger partial charge < -0.3 is 19.7 Å². The van der Waals surface area contributed by atoms with Gasteiger partial charge >= 0.3 is 8.25 Å². The summed E-state index contributed by atoms with van der Waals surface area (Å²) in [6.45, 7) is 8.55. The molecule has 7 nitrogen and oxygen atoms in total. The van der Waals surface area contributed by atoms with Crippen molar-refractivity contribution in [3.05, 3.63) is 0 Å². The van der Waals surface area contributed by atoms with Crippen molar-refractivity contribution in [2.45, 2.75) is 40.5 Å². The van der Waals surface area contributed by atoms with Crippen LogP contribution >= 0.6 is 8.25 Å². The van der Waals surface area contributed by atoms with E-state index in [9.17, 15) is 14.2 Å². The lowest BCUT2D eigenvalue weighted by molar-refractivity contribution is -0.123. The van der Waals surface area contributed by atoms with Gasteiger partial charge in [-0.3, -0.25) is 14.2 Å². The van der Waals surface area contributed by atoms with Crippen LogP contribution in [0.2, 0.25) is 0 Å². The molecule has 8 heteroatoms. The summed E-state index contributed by atoms with van der Waals surface area (Å²) in [5.41, 5.74) is 0. The maximum Gasteiger partial charge on any atom is 0.320 e. The summed E-state index contributed by atoms with van der Waals surface area (Å²) in [5.74, 6) is 0.0739. The topological polar surface area (TPSA) is 93.7 Å². The average Bonchev–Trinajstić information content (AvgIpc) is 2.53. The van der Waals surface area contributed by atoms with Crippen LogP contribution in [0.15, 0.2) is 0 Å². The molecule has 0 bridgehead atoms. The lowest BCUT2D eigenvalue weighted by atomic mass is 10.1. The first-order valence-electron chi connectivity index (χ1n) is 7.71. The highest BCUT2D eigenvalue weighted by molar-refractivity contribution is 7.33. The Labute approximate surface area is 133 Å². The lowest BCUT2D eigenvalue weighted by Crippen LogP contribution is -2.31. The largest absolute Gasteiger partial charge is 0.354 e. The molecule has 2 atom stereocenters. The van der Waals surface area contributed by atoms with E-state index in [1.165, 1.54) is 0 Å². The highest BCUT2D eigenvalue weighted by atomic mass is 31.1. The molecular formula is C14H29N2O5P. The number of carbonyl (C=O) groups excluding carboxylic acids is 2. The molecule has 0 aromatic heterocycles. The number of rotatable bonds is 12. The molecule has 2 unspecified atom stereocenters. The highest BCUT2D eigenvalue weighted by Crippen LogP contribution is 2.22. The van der Waals surface area contributed by atoms with Crippen LogP contribution in [0.25, 0.3) is 0 Å². The van der Waals surface area contributed by atoms with Crippen molar-refractivity contribution in [3.63, 3.8) is 0 Å². The van der Waals surface area contributed by atoms with Crippen LogP contribution < -0.4 is 10.6 Å². The van der Waals surface area contributed by atoms with Gasteiger partial charge in [0.2, 0.25) is 11.8 Å². The minimum atomic E-state index is -2.84. The maximum atomic E-state index is 11.4. The molecule has 0 fully saturated rings. The lowest BCUT2D eigenvalue weighted by Gasteiger charge is -2.11. The number of nitrogens with one attached hydrogen (secondary N) is 2. The molecule has 0 saturated carbocycles. The Morgan fingerprint density at radius 2 is 1.27 bits per heavy atom. The van der Waals surface area contributed by atoms with E-state index in [1.807, 2.05) is 27.7 Å². The van der Waals surface area contributed by atoms with E-state index in [1.54, 1.807) is 0 Å². The molecule has 0 heterocycles. The minimum absolute atomic E-state index is 0.331. The second-order valence-electron chi connectivity index (χ2n) is 5.46. The second kappa shape index (κ2) is 12.6. The van der Waals surface area contributed by atoms with E-state index in [0.717, 1.165) is 12.8 Å². The summed E-state index contributed by atoms with van der Waals surface area (Å²) in [7, 11) is -2.84. The molecule has 0 aliphatic rings. The third kappa shape index (κ3) is 11.7. The molecule has 0 aromatic rings. The van der Waals surface area contributed by atoms with Crippen molar-refractivity contribution in [3.8, 4) is 0 Å². The van der Waals surface area contributed by atoms with Gasteiger partial charge in [0, 0.05) is 13.1 Å². The first-order chi connectivity index (χ1) is 10.4. The van der Waals surface area contributed by atoms with Gasteiger partial charge in [-0.25, -0.2) is 0 Å². The predicted molar refractivity (Wildman–Crippen MR) is 85.8 cm³/mol. The molecule has 0 aromatic carbocycles. The van der Waals surface area contributed by atoms with Gasteiger partial charge in [0.15, 0.2) is 0 Å². The quantitative estimate of drug-likeness (QED) is 0.529. The fourth-order valence-corrected chi connectivity index (χ4v) is 1.84. The van der Waals surface area contributed by atoms with Gasteiger partial charge in [-0.15, -0.1) is 0 Å². The molecule has 0 aliphatic heterocycles. The van der Waals surface area contributed by atoms with E-state index in [-0.39, 0.29) is 25.0 Å². The molecule has 0 radical (unpaired) electrons. The van der Waals surface area contributed by atoms with Crippen LogP contribution in [0.3, 0.4) is 0 Å². The molecule has 2 N–H and O–H groups in total. The molecule has 0 aliphatic carbocycles. The molecule has 2 amide bonds. The van der Waals surface area contributed by atoms with E-state index in [4.69, 9.17) is 9.05 Å². The average molecular weight is 336 g/mol. The van der Waals surface area contributed by atoms with Crippen LogP contribution in [0.4, 0.5) is 0 Å². The van der Waals surface area contributed by atoms with E-state index >= 15 is 0 Å². The van der Waals surface area contributed by atoms with Crippen LogP contribution in [0.1, 0.15) is 40.5 Å². The SMILES string of the molecule is CCC(C)CNC(=O)CO[PH](=O)OCC(=O)NCC(C)CC. The maximum absolute atomic E-state index is 11.4. The Kier molecular flexibility index (Phi) is 12.1. The minimum Gasteiger partial charge on any atom is -0.354 e. The standard InChI is InChI=1S/C14H29N2O5P/c1-5-11(3)7-15-13(17)9-20-22(19)21-10-14(18)16-8-12(4)6-2/h11-12,22H,5-10H2,1-4H3,(H,15,17)(H,16,18). The number of hydrogen-bond donors (Lipinski definition) is 2. The fraction of sp³-hybridized carbons (Fsp3) is 0.857. The van der Waals surface area contributed by atoms with E-state index in [2.05, 4.69) is 10.6 Å². The summed E-state index contributed by atoms with van der Waals surface area (Å²) < 4.78 is 21.0. The first kappa shape index (κ1) is 21.1. The van der Waals surface area contributed by atoms with Crippen molar-refractivity contribution < 1.29 is 23.2 Å². The normalized spacial score (nSPS) is 14.9. The van der Waals surface area contributed by atoms with Gasteiger partial charge in [0.05, 0.1) is 0 Å².